The van der Waals surface area contributed by atoms with Crippen LogP contribution in [0.1, 0.15) is 5.56 Å². The van der Waals surface area contributed by atoms with Gasteiger partial charge in [0.15, 0.2) is 11.6 Å². The zero-order valence-electron chi connectivity index (χ0n) is 12.0. The van der Waals surface area contributed by atoms with Crippen LogP contribution >= 0.6 is 11.6 Å². The molecule has 0 aliphatic heterocycles. The lowest BCUT2D eigenvalue weighted by Crippen LogP contribution is -1.79. The van der Waals surface area contributed by atoms with Crippen molar-refractivity contribution in [2.24, 2.45) is 4.99 Å². The van der Waals surface area contributed by atoms with Crippen LogP contribution in [-0.4, -0.2) is 16.2 Å². The average Bonchev–Trinajstić information content (AvgIpc) is 3.21. The number of fused-ring (bicyclic) bond motifs is 1. The lowest BCUT2D eigenvalue weighted by atomic mass is 10.2. The predicted molar refractivity (Wildman–Crippen MR) is 92.5 cm³/mol. The molecule has 2 heterocycles. The molecule has 0 atom stereocenters. The molecular formula is C18H12ClN3O. The Morgan fingerprint density at radius 2 is 2.04 bits per heavy atom. The van der Waals surface area contributed by atoms with E-state index in [2.05, 4.69) is 15.0 Å². The molecule has 0 aliphatic carbocycles. The van der Waals surface area contributed by atoms with Crippen molar-refractivity contribution in [1.29, 1.82) is 0 Å². The first-order valence-electron chi connectivity index (χ1n) is 7.11. The summed E-state index contributed by atoms with van der Waals surface area (Å²) in [4.78, 5) is 12.3. The van der Waals surface area contributed by atoms with Gasteiger partial charge in [0.05, 0.1) is 23.0 Å². The van der Waals surface area contributed by atoms with Crippen LogP contribution in [0, 0.1) is 0 Å². The normalized spacial score (nSPS) is 11.5. The lowest BCUT2D eigenvalue weighted by molar-refractivity contribution is 0.578. The van der Waals surface area contributed by atoms with Crippen molar-refractivity contribution in [1.82, 2.24) is 9.97 Å². The number of aromatic amines is 1. The largest absolute Gasteiger partial charge is 0.461 e. The molecule has 0 saturated carbocycles. The summed E-state index contributed by atoms with van der Waals surface area (Å²) < 4.78 is 5.36. The first-order chi connectivity index (χ1) is 11.3. The standard InChI is InChI=1S/C18H12ClN3O/c19-13-4-1-3-12(9-13)11-20-14-6-7-15-16(10-14)22-18(21-15)17-5-2-8-23-17/h1-11H,(H,21,22)/b20-11+. The second kappa shape index (κ2) is 5.74. The third-order valence-corrected chi connectivity index (χ3v) is 3.67. The van der Waals surface area contributed by atoms with E-state index < -0.39 is 0 Å². The molecule has 23 heavy (non-hydrogen) atoms. The van der Waals surface area contributed by atoms with Gasteiger partial charge in [0.2, 0.25) is 0 Å². The molecule has 0 saturated heterocycles. The Hall–Kier alpha value is -2.85. The van der Waals surface area contributed by atoms with E-state index in [-0.39, 0.29) is 0 Å². The van der Waals surface area contributed by atoms with Gasteiger partial charge in [-0.1, -0.05) is 23.7 Å². The lowest BCUT2D eigenvalue weighted by Gasteiger charge is -1.95. The van der Waals surface area contributed by atoms with Gasteiger partial charge < -0.3 is 9.40 Å². The van der Waals surface area contributed by atoms with Crippen LogP contribution in [0.3, 0.4) is 0 Å². The Morgan fingerprint density at radius 3 is 2.87 bits per heavy atom. The van der Waals surface area contributed by atoms with Gasteiger partial charge in [-0.3, -0.25) is 4.99 Å². The van der Waals surface area contributed by atoms with Crippen molar-refractivity contribution in [2.75, 3.05) is 0 Å². The van der Waals surface area contributed by atoms with Crippen LogP contribution in [0.2, 0.25) is 5.02 Å². The van der Waals surface area contributed by atoms with Crippen LogP contribution in [-0.2, 0) is 0 Å². The minimum absolute atomic E-state index is 0.694. The number of benzene rings is 2. The van der Waals surface area contributed by atoms with Gasteiger partial charge in [-0.25, -0.2) is 4.98 Å². The molecule has 4 rings (SSSR count). The Bertz CT molecular complexity index is 987. The molecule has 0 radical (unpaired) electrons. The van der Waals surface area contributed by atoms with Crippen molar-refractivity contribution in [2.45, 2.75) is 0 Å². The van der Waals surface area contributed by atoms with Crippen molar-refractivity contribution in [3.8, 4) is 11.6 Å². The molecule has 1 N–H and O–H groups in total. The molecule has 0 unspecified atom stereocenters. The highest BCUT2D eigenvalue weighted by molar-refractivity contribution is 6.30. The summed E-state index contributed by atoms with van der Waals surface area (Å²) in [5.41, 5.74) is 3.57. The molecule has 112 valence electrons. The summed E-state index contributed by atoms with van der Waals surface area (Å²) in [5, 5.41) is 0.694. The maximum Gasteiger partial charge on any atom is 0.174 e. The SMILES string of the molecule is Clc1cccc(/C=N/c2ccc3[nH]c(-c4ccco4)nc3c2)c1. The maximum atomic E-state index is 5.97. The fourth-order valence-corrected chi connectivity index (χ4v) is 2.54. The van der Waals surface area contributed by atoms with E-state index >= 15 is 0 Å². The molecule has 0 aliphatic rings. The van der Waals surface area contributed by atoms with E-state index in [9.17, 15) is 0 Å². The molecule has 0 spiro atoms. The Morgan fingerprint density at radius 1 is 1.09 bits per heavy atom. The number of hydrogen-bond acceptors (Lipinski definition) is 3. The van der Waals surface area contributed by atoms with E-state index in [1.807, 2.05) is 54.6 Å². The minimum Gasteiger partial charge on any atom is -0.461 e. The molecule has 2 aromatic carbocycles. The molecule has 4 nitrogen and oxygen atoms in total. The van der Waals surface area contributed by atoms with Crippen LogP contribution < -0.4 is 0 Å². The zero-order valence-corrected chi connectivity index (χ0v) is 12.8. The first-order valence-corrected chi connectivity index (χ1v) is 7.49. The summed E-state index contributed by atoms with van der Waals surface area (Å²) in [6.45, 7) is 0. The van der Waals surface area contributed by atoms with E-state index in [1.54, 1.807) is 12.5 Å². The molecular weight excluding hydrogens is 310 g/mol. The Kier molecular flexibility index (Phi) is 3.44. The number of aliphatic imine (C=N–C) groups is 1. The molecule has 2 aromatic heterocycles. The van der Waals surface area contributed by atoms with Gasteiger partial charge >= 0.3 is 0 Å². The summed E-state index contributed by atoms with van der Waals surface area (Å²) in [6.07, 6.45) is 3.41. The fraction of sp³-hybridized carbons (Fsp3) is 0. The number of rotatable bonds is 3. The van der Waals surface area contributed by atoms with Crippen molar-refractivity contribution in [3.63, 3.8) is 0 Å². The van der Waals surface area contributed by atoms with Crippen LogP contribution in [0.5, 0.6) is 0 Å². The van der Waals surface area contributed by atoms with Gasteiger partial charge in [0.25, 0.3) is 0 Å². The van der Waals surface area contributed by atoms with Crippen molar-refractivity contribution < 1.29 is 4.42 Å². The molecule has 5 heteroatoms. The van der Waals surface area contributed by atoms with Gasteiger partial charge in [0.1, 0.15) is 0 Å². The summed E-state index contributed by atoms with van der Waals surface area (Å²) in [5.74, 6) is 1.42. The molecule has 0 bridgehead atoms. The Labute approximate surface area is 137 Å². The number of nitrogens with one attached hydrogen (secondary N) is 1. The topological polar surface area (TPSA) is 54.2 Å². The number of H-pyrrole nitrogens is 1. The number of hydrogen-bond donors (Lipinski definition) is 1. The first kappa shape index (κ1) is 13.8. The van der Waals surface area contributed by atoms with Crippen molar-refractivity contribution in [3.05, 3.63) is 71.4 Å². The highest BCUT2D eigenvalue weighted by Crippen LogP contribution is 2.24. The second-order valence-electron chi connectivity index (χ2n) is 5.08. The summed E-state index contributed by atoms with van der Waals surface area (Å²) in [7, 11) is 0. The smallest absolute Gasteiger partial charge is 0.174 e. The highest BCUT2D eigenvalue weighted by Gasteiger charge is 2.07. The predicted octanol–water partition coefficient (Wildman–Crippen LogP) is 5.23. The van der Waals surface area contributed by atoms with E-state index in [0.717, 1.165) is 22.3 Å². The second-order valence-corrected chi connectivity index (χ2v) is 5.51. The van der Waals surface area contributed by atoms with Crippen LogP contribution in [0.25, 0.3) is 22.6 Å². The average molecular weight is 322 g/mol. The highest BCUT2D eigenvalue weighted by atomic mass is 35.5. The number of aromatic nitrogens is 2. The van der Waals surface area contributed by atoms with Gasteiger partial charge in [-0.05, 0) is 48.0 Å². The molecule has 4 aromatic rings. The Balaban J connectivity index is 1.66. The molecule has 0 fully saturated rings. The number of nitrogens with zero attached hydrogens (tertiary/aromatic N) is 2. The number of halogens is 1. The molecule has 0 amide bonds. The van der Waals surface area contributed by atoms with E-state index in [4.69, 9.17) is 16.0 Å². The summed E-state index contributed by atoms with van der Waals surface area (Å²) in [6, 6.07) is 17.1. The van der Waals surface area contributed by atoms with Gasteiger partial charge in [0, 0.05) is 11.2 Å². The zero-order chi connectivity index (χ0) is 15.6. The van der Waals surface area contributed by atoms with Crippen molar-refractivity contribution >= 4 is 34.5 Å². The number of imidazole rings is 1. The monoisotopic (exact) mass is 321 g/mol. The van der Waals surface area contributed by atoms with E-state index in [0.29, 0.717) is 16.6 Å². The quantitative estimate of drug-likeness (QED) is 0.525. The third kappa shape index (κ3) is 2.89. The van der Waals surface area contributed by atoms with Gasteiger partial charge in [-0.2, -0.15) is 0 Å². The maximum absolute atomic E-state index is 5.97. The van der Waals surface area contributed by atoms with Crippen LogP contribution in [0.15, 0.2) is 70.3 Å². The van der Waals surface area contributed by atoms with E-state index in [1.165, 1.54) is 0 Å². The third-order valence-electron chi connectivity index (χ3n) is 3.43. The van der Waals surface area contributed by atoms with Crippen LogP contribution in [0.4, 0.5) is 5.69 Å². The number of furan rings is 1. The summed E-state index contributed by atoms with van der Waals surface area (Å²) >= 11 is 5.97. The fourth-order valence-electron chi connectivity index (χ4n) is 2.34. The minimum atomic E-state index is 0.694. The van der Waals surface area contributed by atoms with Gasteiger partial charge in [-0.15, -0.1) is 0 Å².